The summed E-state index contributed by atoms with van der Waals surface area (Å²) in [5.41, 5.74) is 8.00. The van der Waals surface area contributed by atoms with Crippen LogP contribution in [0.15, 0.2) is 64.4 Å². The molecular formula is C41H66Si. The van der Waals surface area contributed by atoms with Crippen molar-refractivity contribution >= 4 is 14.7 Å². The molecule has 1 aromatic carbocycles. The molecule has 0 heterocycles. The first-order valence-corrected chi connectivity index (χ1v) is 19.5. The van der Waals surface area contributed by atoms with E-state index in [4.69, 9.17) is 0 Å². The van der Waals surface area contributed by atoms with E-state index in [0.717, 1.165) is 0 Å². The molecule has 0 N–H and O–H groups in total. The summed E-state index contributed by atoms with van der Waals surface area (Å²) in [7, 11) is -0.552. The molecule has 0 radical (unpaired) electrons. The average Bonchev–Trinajstić information content (AvgIpc) is 3.13. The molecule has 0 spiro atoms. The molecule has 1 aromatic rings. The van der Waals surface area contributed by atoms with E-state index in [1.807, 2.05) is 0 Å². The maximum absolute atomic E-state index is 2.63. The van der Waals surface area contributed by atoms with Crippen LogP contribution in [0.1, 0.15) is 161 Å². The molecule has 2 atom stereocenters. The largest absolute Gasteiger partial charge is 0.0839 e. The lowest BCUT2D eigenvalue weighted by molar-refractivity contribution is 0.174. The van der Waals surface area contributed by atoms with Crippen molar-refractivity contribution in [3.05, 3.63) is 75.5 Å². The van der Waals surface area contributed by atoms with Crippen molar-refractivity contribution in [2.45, 2.75) is 164 Å². The highest BCUT2D eigenvalue weighted by molar-refractivity contribution is 6.62. The molecule has 0 aliphatic heterocycles. The minimum absolute atomic E-state index is 0.141. The van der Waals surface area contributed by atoms with Crippen LogP contribution in [0.5, 0.6) is 0 Å². The highest BCUT2D eigenvalue weighted by Crippen LogP contribution is 2.61. The van der Waals surface area contributed by atoms with Gasteiger partial charge in [0.05, 0.1) is 9.52 Å². The van der Waals surface area contributed by atoms with Gasteiger partial charge in [-0.3, -0.25) is 0 Å². The SMILES string of the molecule is CCCCCCCCCCCCCCCCCCC1(C2(C)C(C)=C(C)C(C)=C2[SiH2]c2cc(C)cc(C)c2)C=CC=CC1. The van der Waals surface area contributed by atoms with Gasteiger partial charge in [0.2, 0.25) is 0 Å². The molecule has 1 heteroatoms. The van der Waals surface area contributed by atoms with E-state index in [-0.39, 0.29) is 10.8 Å². The van der Waals surface area contributed by atoms with Crippen LogP contribution in [0.4, 0.5) is 0 Å². The number of rotatable bonds is 20. The van der Waals surface area contributed by atoms with Crippen LogP contribution < -0.4 is 5.19 Å². The van der Waals surface area contributed by atoms with Gasteiger partial charge in [-0.25, -0.2) is 0 Å². The van der Waals surface area contributed by atoms with Crippen molar-refractivity contribution in [2.24, 2.45) is 10.8 Å². The topological polar surface area (TPSA) is 0 Å². The second-order valence-electron chi connectivity index (χ2n) is 14.4. The molecule has 0 fully saturated rings. The van der Waals surface area contributed by atoms with Gasteiger partial charge >= 0.3 is 0 Å². The zero-order valence-electron chi connectivity index (χ0n) is 29.0. The van der Waals surface area contributed by atoms with Crippen LogP contribution in [0.2, 0.25) is 0 Å². The second kappa shape index (κ2) is 17.6. The summed E-state index contributed by atoms with van der Waals surface area (Å²) in [5.74, 6) is 0. The summed E-state index contributed by atoms with van der Waals surface area (Å²) in [6.45, 7) is 16.8. The smallest absolute Gasteiger partial charge is 0.0836 e. The molecule has 0 nitrogen and oxygen atoms in total. The zero-order valence-corrected chi connectivity index (χ0v) is 30.4. The van der Waals surface area contributed by atoms with E-state index in [9.17, 15) is 0 Å². The lowest BCUT2D eigenvalue weighted by atomic mass is 9.57. The first kappa shape index (κ1) is 34.9. The number of unbranched alkanes of at least 4 members (excludes halogenated alkanes) is 15. The lowest BCUT2D eigenvalue weighted by Gasteiger charge is -2.49. The average molecular weight is 587 g/mol. The number of allylic oxidation sites excluding steroid dienone is 8. The Morgan fingerprint density at radius 1 is 0.619 bits per heavy atom. The van der Waals surface area contributed by atoms with E-state index in [1.165, 1.54) is 127 Å². The molecular weight excluding hydrogens is 521 g/mol. The normalized spacial score (nSPS) is 22.5. The molecule has 0 saturated carbocycles. The molecule has 42 heavy (non-hydrogen) atoms. The number of hydrogen-bond acceptors (Lipinski definition) is 0. The van der Waals surface area contributed by atoms with Crippen molar-refractivity contribution < 1.29 is 0 Å². The summed E-state index contributed by atoms with van der Waals surface area (Å²) < 4.78 is 0. The first-order chi connectivity index (χ1) is 20.2. The molecule has 234 valence electrons. The van der Waals surface area contributed by atoms with E-state index < -0.39 is 9.52 Å². The summed E-state index contributed by atoms with van der Waals surface area (Å²) in [6.07, 6.45) is 35.2. The van der Waals surface area contributed by atoms with Gasteiger partial charge in [-0.15, -0.1) is 0 Å². The van der Waals surface area contributed by atoms with Crippen LogP contribution in [0.25, 0.3) is 0 Å². The van der Waals surface area contributed by atoms with Crippen LogP contribution in [0, 0.1) is 24.7 Å². The van der Waals surface area contributed by atoms with Crippen molar-refractivity contribution in [3.8, 4) is 0 Å². The quantitative estimate of drug-likeness (QED) is 0.105. The van der Waals surface area contributed by atoms with Crippen molar-refractivity contribution in [2.75, 3.05) is 0 Å². The molecule has 0 amide bonds. The molecule has 0 bridgehead atoms. The van der Waals surface area contributed by atoms with Crippen LogP contribution in [-0.2, 0) is 0 Å². The van der Waals surface area contributed by atoms with Gasteiger partial charge in [-0.1, -0.05) is 192 Å². The fraction of sp³-hybridized carbons (Fsp3) is 0.659. The predicted octanol–water partition coefficient (Wildman–Crippen LogP) is 11.9. The molecule has 2 unspecified atom stereocenters. The van der Waals surface area contributed by atoms with Gasteiger partial charge in [0.25, 0.3) is 0 Å². The summed E-state index contributed by atoms with van der Waals surface area (Å²) in [5, 5.41) is 3.42. The molecule has 3 rings (SSSR count). The van der Waals surface area contributed by atoms with Crippen molar-refractivity contribution in [3.63, 3.8) is 0 Å². The van der Waals surface area contributed by atoms with Gasteiger partial charge in [-0.05, 0) is 53.0 Å². The van der Waals surface area contributed by atoms with Crippen molar-refractivity contribution in [1.82, 2.24) is 0 Å². The summed E-state index contributed by atoms with van der Waals surface area (Å²) in [4.78, 5) is 0. The Morgan fingerprint density at radius 2 is 1.12 bits per heavy atom. The lowest BCUT2D eigenvalue weighted by Crippen LogP contribution is -2.43. The Balaban J connectivity index is 1.48. The fourth-order valence-corrected chi connectivity index (χ4v) is 11.1. The Morgan fingerprint density at radius 3 is 1.60 bits per heavy atom. The highest BCUT2D eigenvalue weighted by atomic mass is 28.2. The third-order valence-corrected chi connectivity index (χ3v) is 13.6. The summed E-state index contributed by atoms with van der Waals surface area (Å²) in [6, 6.07) is 7.28. The number of aryl methyl sites for hydroxylation is 2. The van der Waals surface area contributed by atoms with E-state index in [2.05, 4.69) is 91.0 Å². The highest BCUT2D eigenvalue weighted by Gasteiger charge is 2.52. The van der Waals surface area contributed by atoms with Crippen LogP contribution in [-0.4, -0.2) is 9.52 Å². The summed E-state index contributed by atoms with van der Waals surface area (Å²) >= 11 is 0. The fourth-order valence-electron chi connectivity index (χ4n) is 8.30. The predicted molar refractivity (Wildman–Crippen MR) is 193 cm³/mol. The Kier molecular flexibility index (Phi) is 14.6. The third kappa shape index (κ3) is 9.20. The molecule has 0 aromatic heterocycles. The van der Waals surface area contributed by atoms with E-state index >= 15 is 0 Å². The van der Waals surface area contributed by atoms with Gasteiger partial charge in [0, 0.05) is 10.8 Å². The second-order valence-corrected chi connectivity index (χ2v) is 16.2. The van der Waals surface area contributed by atoms with Gasteiger partial charge in [0.1, 0.15) is 0 Å². The van der Waals surface area contributed by atoms with Gasteiger partial charge < -0.3 is 0 Å². The standard InChI is InChI=1S/C41H66Si/c1-8-9-10-11-12-13-14-15-16-17-18-19-20-21-22-24-27-41(28-25-23-26-29-41)40(7)37(6)35(4)36(5)39(40)42-38-31-33(2)30-34(3)32-38/h23,25-26,28,30-32H,8-22,24,27,29,42H2,1-7H3. The molecule has 0 saturated heterocycles. The van der Waals surface area contributed by atoms with E-state index in [0.29, 0.717) is 0 Å². The van der Waals surface area contributed by atoms with E-state index in [1.54, 1.807) is 27.1 Å². The first-order valence-electron chi connectivity index (χ1n) is 18.1. The molecule has 2 aliphatic carbocycles. The third-order valence-electron chi connectivity index (χ3n) is 11.2. The van der Waals surface area contributed by atoms with Crippen LogP contribution in [0.3, 0.4) is 0 Å². The van der Waals surface area contributed by atoms with Crippen LogP contribution >= 0.6 is 0 Å². The van der Waals surface area contributed by atoms with Gasteiger partial charge in [0.15, 0.2) is 0 Å². The Labute approximate surface area is 264 Å². The number of benzene rings is 1. The minimum atomic E-state index is -0.552. The van der Waals surface area contributed by atoms with Crippen molar-refractivity contribution in [1.29, 1.82) is 0 Å². The maximum atomic E-state index is 2.63. The number of hydrogen-bond donors (Lipinski definition) is 0. The zero-order chi connectivity index (χ0) is 30.4. The molecule has 2 aliphatic rings. The maximum Gasteiger partial charge on any atom is 0.0839 e. The van der Waals surface area contributed by atoms with Gasteiger partial charge in [-0.2, -0.15) is 0 Å². The Bertz CT molecular complexity index is 1080. The monoisotopic (exact) mass is 586 g/mol. The minimum Gasteiger partial charge on any atom is -0.0836 e. The Hall–Kier alpha value is -1.60.